The largest absolute Gasteiger partial charge is 0.506 e. The molecule has 170 valence electrons. The lowest BCUT2D eigenvalue weighted by atomic mass is 10.0. The van der Waals surface area contributed by atoms with Gasteiger partial charge in [-0.05, 0) is 29.3 Å². The van der Waals surface area contributed by atoms with Crippen LogP contribution in [0.2, 0.25) is 5.02 Å². The normalized spacial score (nSPS) is 12.4. The van der Waals surface area contributed by atoms with E-state index >= 15 is 0 Å². The predicted octanol–water partition coefficient (Wildman–Crippen LogP) is 2.91. The summed E-state index contributed by atoms with van der Waals surface area (Å²) in [4.78, 5) is 36.3. The number of benzene rings is 2. The lowest BCUT2D eigenvalue weighted by molar-refractivity contribution is -0.135. The number of fused-ring (bicyclic) bond motifs is 1. The molecule has 4 rings (SSSR count). The topological polar surface area (TPSA) is 118 Å². The van der Waals surface area contributed by atoms with Gasteiger partial charge in [0.2, 0.25) is 0 Å². The molecule has 0 radical (unpaired) electrons. The van der Waals surface area contributed by atoms with Crippen molar-refractivity contribution in [1.29, 1.82) is 0 Å². The highest BCUT2D eigenvalue weighted by atomic mass is 35.5. The Morgan fingerprint density at radius 2 is 1.88 bits per heavy atom. The van der Waals surface area contributed by atoms with Crippen molar-refractivity contribution in [1.82, 2.24) is 9.88 Å². The molecule has 10 heteroatoms. The number of nitrogens with one attached hydrogen (secondary N) is 1. The van der Waals surface area contributed by atoms with Crippen molar-refractivity contribution in [2.75, 3.05) is 6.54 Å². The van der Waals surface area contributed by atoms with Crippen LogP contribution in [0.4, 0.5) is 4.39 Å². The minimum absolute atomic E-state index is 0.0165. The molecule has 3 N–H and O–H groups in total. The Morgan fingerprint density at radius 3 is 2.55 bits per heavy atom. The molecule has 0 atom stereocenters. The SMILES string of the molecule is O=C(O)CNC(=O)c1c(O)c2c(n(Cc3ccc(-c4ccc(F)cc4Cl)cc3)c1=O)COC2. The molecule has 1 aliphatic rings. The molecule has 0 bridgehead atoms. The quantitative estimate of drug-likeness (QED) is 0.507. The van der Waals surface area contributed by atoms with Gasteiger partial charge in [-0.15, -0.1) is 0 Å². The fraction of sp³-hybridized carbons (Fsp3) is 0.174. The van der Waals surface area contributed by atoms with Crippen LogP contribution in [-0.2, 0) is 29.3 Å². The molecule has 0 fully saturated rings. The predicted molar refractivity (Wildman–Crippen MR) is 117 cm³/mol. The van der Waals surface area contributed by atoms with Crippen molar-refractivity contribution in [2.45, 2.75) is 19.8 Å². The number of halogens is 2. The van der Waals surface area contributed by atoms with E-state index in [1.165, 1.54) is 16.7 Å². The summed E-state index contributed by atoms with van der Waals surface area (Å²) in [5.41, 5.74) is 1.58. The second-order valence-electron chi connectivity index (χ2n) is 7.43. The first-order chi connectivity index (χ1) is 15.8. The van der Waals surface area contributed by atoms with Crippen molar-refractivity contribution in [3.05, 3.63) is 86.0 Å². The van der Waals surface area contributed by atoms with E-state index in [9.17, 15) is 23.9 Å². The second-order valence-corrected chi connectivity index (χ2v) is 7.84. The van der Waals surface area contributed by atoms with Gasteiger partial charge in [-0.3, -0.25) is 14.4 Å². The number of nitrogens with zero attached hydrogens (tertiary/aromatic N) is 1. The molecule has 0 saturated carbocycles. The van der Waals surface area contributed by atoms with Crippen molar-refractivity contribution < 1.29 is 28.9 Å². The van der Waals surface area contributed by atoms with E-state index < -0.39 is 41.1 Å². The molecule has 0 aliphatic carbocycles. The lowest BCUT2D eigenvalue weighted by Crippen LogP contribution is -2.37. The minimum Gasteiger partial charge on any atom is -0.506 e. The van der Waals surface area contributed by atoms with Crippen LogP contribution >= 0.6 is 11.6 Å². The van der Waals surface area contributed by atoms with Crippen LogP contribution in [0.1, 0.15) is 27.2 Å². The summed E-state index contributed by atoms with van der Waals surface area (Å²) in [5.74, 6) is -3.21. The first-order valence-corrected chi connectivity index (χ1v) is 10.2. The number of ether oxygens (including phenoxy) is 1. The Morgan fingerprint density at radius 1 is 1.15 bits per heavy atom. The summed E-state index contributed by atoms with van der Waals surface area (Å²) < 4.78 is 20.0. The summed E-state index contributed by atoms with van der Waals surface area (Å²) in [6, 6.07) is 11.2. The van der Waals surface area contributed by atoms with Gasteiger partial charge in [0.1, 0.15) is 23.7 Å². The Labute approximate surface area is 191 Å². The number of amides is 1. The van der Waals surface area contributed by atoms with Crippen LogP contribution in [-0.4, -0.2) is 33.2 Å². The van der Waals surface area contributed by atoms with E-state index in [1.807, 2.05) is 0 Å². The number of aliphatic carboxylic acids is 1. The lowest BCUT2D eigenvalue weighted by Gasteiger charge is -2.16. The number of carbonyl (C=O) groups is 2. The van der Waals surface area contributed by atoms with Crippen LogP contribution in [0.15, 0.2) is 47.3 Å². The maximum atomic E-state index is 13.3. The van der Waals surface area contributed by atoms with Gasteiger partial charge >= 0.3 is 5.97 Å². The monoisotopic (exact) mass is 472 g/mol. The highest BCUT2D eigenvalue weighted by Gasteiger charge is 2.29. The highest BCUT2D eigenvalue weighted by Crippen LogP contribution is 2.31. The molecule has 0 unspecified atom stereocenters. The van der Waals surface area contributed by atoms with E-state index in [0.29, 0.717) is 16.8 Å². The van der Waals surface area contributed by atoms with Crippen LogP contribution in [0.5, 0.6) is 5.75 Å². The summed E-state index contributed by atoms with van der Waals surface area (Å²) in [5, 5.41) is 21.6. The number of aromatic hydroxyl groups is 1. The first-order valence-electron chi connectivity index (χ1n) is 9.86. The Hall–Kier alpha value is -3.69. The molecule has 0 spiro atoms. The maximum absolute atomic E-state index is 13.3. The van der Waals surface area contributed by atoms with Gasteiger partial charge in [0.15, 0.2) is 0 Å². The smallest absolute Gasteiger partial charge is 0.322 e. The number of hydrogen-bond donors (Lipinski definition) is 3. The Balaban J connectivity index is 1.69. The third kappa shape index (κ3) is 4.46. The Kier molecular flexibility index (Phi) is 6.17. The first kappa shape index (κ1) is 22.5. The third-order valence-electron chi connectivity index (χ3n) is 5.31. The molecule has 1 aliphatic heterocycles. The zero-order valence-corrected chi connectivity index (χ0v) is 17.9. The summed E-state index contributed by atoms with van der Waals surface area (Å²) in [7, 11) is 0. The van der Waals surface area contributed by atoms with Gasteiger partial charge in [-0.1, -0.05) is 35.9 Å². The molecule has 33 heavy (non-hydrogen) atoms. The van der Waals surface area contributed by atoms with Gasteiger partial charge in [-0.2, -0.15) is 0 Å². The van der Waals surface area contributed by atoms with E-state index in [1.54, 1.807) is 30.3 Å². The van der Waals surface area contributed by atoms with Crippen LogP contribution in [0.25, 0.3) is 11.1 Å². The van der Waals surface area contributed by atoms with Crippen molar-refractivity contribution >= 4 is 23.5 Å². The average Bonchev–Trinajstić information content (AvgIpc) is 3.26. The van der Waals surface area contributed by atoms with Crippen LogP contribution in [0, 0.1) is 5.82 Å². The van der Waals surface area contributed by atoms with Crippen molar-refractivity contribution in [3.63, 3.8) is 0 Å². The summed E-state index contributed by atoms with van der Waals surface area (Å²) >= 11 is 6.13. The molecule has 0 saturated heterocycles. The molecular formula is C23H18ClFN2O6. The summed E-state index contributed by atoms with van der Waals surface area (Å²) in [6.07, 6.45) is 0. The second kappa shape index (κ2) is 9.05. The molecule has 3 aromatic rings. The van der Waals surface area contributed by atoms with E-state index in [0.717, 1.165) is 11.1 Å². The minimum atomic E-state index is -1.28. The average molecular weight is 473 g/mol. The van der Waals surface area contributed by atoms with Gasteiger partial charge in [0, 0.05) is 11.1 Å². The zero-order chi connectivity index (χ0) is 23.7. The number of hydrogen-bond acceptors (Lipinski definition) is 5. The van der Waals surface area contributed by atoms with Gasteiger partial charge in [0.25, 0.3) is 11.5 Å². The van der Waals surface area contributed by atoms with Gasteiger partial charge < -0.3 is 24.8 Å². The number of pyridine rings is 1. The molecule has 8 nitrogen and oxygen atoms in total. The van der Waals surface area contributed by atoms with Crippen LogP contribution < -0.4 is 10.9 Å². The van der Waals surface area contributed by atoms with E-state index in [2.05, 4.69) is 5.32 Å². The fourth-order valence-corrected chi connectivity index (χ4v) is 3.96. The standard InChI is InChI=1S/C23H18ClFN2O6/c24-17-7-14(25)5-6-15(17)13-3-1-12(2-4-13)9-27-18-11-33-10-16(18)21(30)20(23(27)32)22(31)26-8-19(28)29/h1-7,30H,8-11H2,(H,26,31)(H,28,29). The van der Waals surface area contributed by atoms with Crippen LogP contribution in [0.3, 0.4) is 0 Å². The van der Waals surface area contributed by atoms with E-state index in [4.69, 9.17) is 21.4 Å². The highest BCUT2D eigenvalue weighted by molar-refractivity contribution is 6.33. The molecule has 1 aromatic heterocycles. The molecule has 2 aromatic carbocycles. The van der Waals surface area contributed by atoms with Gasteiger partial charge in [-0.25, -0.2) is 4.39 Å². The van der Waals surface area contributed by atoms with E-state index in [-0.39, 0.29) is 24.8 Å². The number of rotatable bonds is 6. The number of carboxylic acids is 1. The summed E-state index contributed by atoms with van der Waals surface area (Å²) in [6.45, 7) is -0.513. The third-order valence-corrected chi connectivity index (χ3v) is 5.62. The Bertz CT molecular complexity index is 1320. The number of aromatic nitrogens is 1. The number of carboxylic acid groups (broad SMARTS) is 1. The van der Waals surface area contributed by atoms with Crippen molar-refractivity contribution in [2.24, 2.45) is 0 Å². The van der Waals surface area contributed by atoms with Crippen molar-refractivity contribution in [3.8, 4) is 16.9 Å². The molecular weight excluding hydrogens is 455 g/mol. The maximum Gasteiger partial charge on any atom is 0.322 e. The molecule has 1 amide bonds. The molecule has 2 heterocycles. The zero-order valence-electron chi connectivity index (χ0n) is 17.1. The van der Waals surface area contributed by atoms with Gasteiger partial charge in [0.05, 0.1) is 30.5 Å². The number of carbonyl (C=O) groups excluding carboxylic acids is 1. The fourth-order valence-electron chi connectivity index (χ4n) is 3.69.